The van der Waals surface area contributed by atoms with Crippen LogP contribution in [0.4, 0.5) is 8.78 Å². The summed E-state index contributed by atoms with van der Waals surface area (Å²) >= 11 is 0. The predicted octanol–water partition coefficient (Wildman–Crippen LogP) is 2.92. The number of methoxy groups -OCH3 is 1. The topological polar surface area (TPSA) is 49.8 Å². The lowest BCUT2D eigenvalue weighted by molar-refractivity contribution is 0.0710. The lowest BCUT2D eigenvalue weighted by Gasteiger charge is -2.25. The van der Waals surface area contributed by atoms with Crippen LogP contribution in [0.5, 0.6) is 5.75 Å². The summed E-state index contributed by atoms with van der Waals surface area (Å²) in [7, 11) is 1.41. The van der Waals surface area contributed by atoms with Gasteiger partial charge in [-0.3, -0.25) is 4.79 Å². The van der Waals surface area contributed by atoms with E-state index in [9.17, 15) is 18.7 Å². The monoisotopic (exact) mass is 333 g/mol. The molecule has 1 amide bonds. The minimum absolute atomic E-state index is 0.0749. The Morgan fingerprint density at radius 1 is 1.25 bits per heavy atom. The predicted molar refractivity (Wildman–Crippen MR) is 83.8 cm³/mol. The zero-order valence-corrected chi connectivity index (χ0v) is 13.1. The molecule has 24 heavy (non-hydrogen) atoms. The number of carbonyl (C=O) groups is 1. The number of nitrogens with zero attached hydrogens (tertiary/aromatic N) is 1. The average Bonchev–Trinajstić information content (AvgIpc) is 2.96. The van der Waals surface area contributed by atoms with Crippen LogP contribution in [0, 0.1) is 11.6 Å². The number of aliphatic hydroxyl groups is 1. The van der Waals surface area contributed by atoms with E-state index in [2.05, 4.69) is 0 Å². The molecule has 0 radical (unpaired) electrons. The maximum Gasteiger partial charge on any atom is 0.257 e. The molecule has 2 aromatic rings. The number of amides is 1. The highest BCUT2D eigenvalue weighted by atomic mass is 19.1. The number of hydrogen-bond donors (Lipinski definition) is 1. The van der Waals surface area contributed by atoms with Crippen molar-refractivity contribution in [2.45, 2.75) is 18.6 Å². The standard InChI is InChI=1S/C18H17F2NO3/c1-24-14-5-6-15(16(20)9-14)18(23)21-10-13(22)8-17(21)11-3-2-4-12(19)7-11/h2-7,9,13,17,22H,8,10H2,1H3/t13-,17+/m1/s1. The van der Waals surface area contributed by atoms with Crippen molar-refractivity contribution in [3.8, 4) is 5.75 Å². The van der Waals surface area contributed by atoms with Crippen molar-refractivity contribution in [1.29, 1.82) is 0 Å². The molecule has 3 rings (SSSR count). The lowest BCUT2D eigenvalue weighted by Crippen LogP contribution is -2.32. The van der Waals surface area contributed by atoms with Gasteiger partial charge in [0, 0.05) is 12.6 Å². The van der Waals surface area contributed by atoms with E-state index in [0.717, 1.165) is 6.07 Å². The third kappa shape index (κ3) is 3.10. The van der Waals surface area contributed by atoms with Crippen molar-refractivity contribution >= 4 is 5.91 Å². The SMILES string of the molecule is COc1ccc(C(=O)N2C[C@H](O)C[C@H]2c2cccc(F)c2)c(F)c1. The van der Waals surface area contributed by atoms with Gasteiger partial charge in [-0.2, -0.15) is 0 Å². The molecule has 4 nitrogen and oxygen atoms in total. The molecular formula is C18H17F2NO3. The highest BCUT2D eigenvalue weighted by Gasteiger charge is 2.36. The van der Waals surface area contributed by atoms with Crippen molar-refractivity contribution in [1.82, 2.24) is 4.90 Å². The molecule has 1 heterocycles. The summed E-state index contributed by atoms with van der Waals surface area (Å²) in [5, 5.41) is 9.95. The molecule has 6 heteroatoms. The molecule has 1 fully saturated rings. The van der Waals surface area contributed by atoms with E-state index >= 15 is 0 Å². The molecule has 0 aromatic heterocycles. The van der Waals surface area contributed by atoms with E-state index in [0.29, 0.717) is 11.3 Å². The second-order valence-electron chi connectivity index (χ2n) is 5.76. The third-order valence-electron chi connectivity index (χ3n) is 4.18. The number of halogens is 2. The molecule has 0 aliphatic carbocycles. The molecule has 2 aromatic carbocycles. The van der Waals surface area contributed by atoms with Gasteiger partial charge in [-0.15, -0.1) is 0 Å². The van der Waals surface area contributed by atoms with Crippen molar-refractivity contribution in [2.24, 2.45) is 0 Å². The van der Waals surface area contributed by atoms with Gasteiger partial charge in [0.25, 0.3) is 5.91 Å². The normalized spacial score (nSPS) is 20.2. The number of likely N-dealkylation sites (tertiary alicyclic amines) is 1. The Morgan fingerprint density at radius 3 is 2.71 bits per heavy atom. The van der Waals surface area contributed by atoms with E-state index in [-0.39, 0.29) is 18.5 Å². The minimum atomic E-state index is -0.733. The van der Waals surface area contributed by atoms with E-state index in [1.54, 1.807) is 12.1 Å². The Balaban J connectivity index is 1.92. The number of benzene rings is 2. The highest BCUT2D eigenvalue weighted by molar-refractivity contribution is 5.95. The largest absolute Gasteiger partial charge is 0.497 e. The zero-order chi connectivity index (χ0) is 17.3. The van der Waals surface area contributed by atoms with Crippen LogP contribution in [0.15, 0.2) is 42.5 Å². The highest BCUT2D eigenvalue weighted by Crippen LogP contribution is 2.34. The lowest BCUT2D eigenvalue weighted by atomic mass is 10.0. The fourth-order valence-electron chi connectivity index (χ4n) is 3.02. The molecule has 0 saturated carbocycles. The van der Waals surface area contributed by atoms with Gasteiger partial charge in [-0.1, -0.05) is 12.1 Å². The van der Waals surface area contributed by atoms with Crippen LogP contribution in [0.2, 0.25) is 0 Å². The average molecular weight is 333 g/mol. The van der Waals surface area contributed by atoms with Crippen LogP contribution in [-0.4, -0.2) is 35.7 Å². The quantitative estimate of drug-likeness (QED) is 0.940. The first-order valence-corrected chi connectivity index (χ1v) is 7.57. The summed E-state index contributed by atoms with van der Waals surface area (Å²) in [5.74, 6) is -1.34. The minimum Gasteiger partial charge on any atom is -0.497 e. The number of ether oxygens (including phenoxy) is 1. The second kappa shape index (κ2) is 6.57. The number of β-amino-alcohol motifs (C(OH)–C–C–N with tert-alkyl or cyclic N) is 1. The molecule has 2 atom stereocenters. The maximum atomic E-state index is 14.2. The van der Waals surface area contributed by atoms with Crippen LogP contribution in [0.25, 0.3) is 0 Å². The van der Waals surface area contributed by atoms with Gasteiger partial charge in [0.1, 0.15) is 17.4 Å². The Bertz CT molecular complexity index is 766. The van der Waals surface area contributed by atoms with Crippen LogP contribution < -0.4 is 4.74 Å². The first kappa shape index (κ1) is 16.4. The fourth-order valence-corrected chi connectivity index (χ4v) is 3.02. The Morgan fingerprint density at radius 2 is 2.04 bits per heavy atom. The van der Waals surface area contributed by atoms with Crippen LogP contribution in [0.1, 0.15) is 28.4 Å². The molecular weight excluding hydrogens is 316 g/mol. The molecule has 0 bridgehead atoms. The second-order valence-corrected chi connectivity index (χ2v) is 5.76. The van der Waals surface area contributed by atoms with Gasteiger partial charge in [-0.25, -0.2) is 8.78 Å². The molecule has 0 unspecified atom stereocenters. The molecule has 0 spiro atoms. The van der Waals surface area contributed by atoms with Gasteiger partial charge in [0.15, 0.2) is 0 Å². The van der Waals surface area contributed by atoms with Crippen LogP contribution in [-0.2, 0) is 0 Å². The summed E-state index contributed by atoms with van der Waals surface area (Å²) in [6.07, 6.45) is -0.448. The Kier molecular flexibility index (Phi) is 4.49. The first-order chi connectivity index (χ1) is 11.5. The fraction of sp³-hybridized carbons (Fsp3) is 0.278. The summed E-state index contributed by atoms with van der Waals surface area (Å²) in [4.78, 5) is 14.1. The smallest absolute Gasteiger partial charge is 0.257 e. The molecule has 1 aliphatic rings. The van der Waals surface area contributed by atoms with Crippen molar-refractivity contribution in [3.05, 3.63) is 65.2 Å². The van der Waals surface area contributed by atoms with E-state index in [4.69, 9.17) is 4.74 Å². The molecule has 1 saturated heterocycles. The number of carbonyl (C=O) groups excluding carboxylic acids is 1. The van der Waals surface area contributed by atoms with E-state index in [1.807, 2.05) is 0 Å². The van der Waals surface area contributed by atoms with Crippen LogP contribution >= 0.6 is 0 Å². The third-order valence-corrected chi connectivity index (χ3v) is 4.18. The van der Waals surface area contributed by atoms with Gasteiger partial charge in [0.2, 0.25) is 0 Å². The molecule has 1 N–H and O–H groups in total. The van der Waals surface area contributed by atoms with Gasteiger partial charge < -0.3 is 14.7 Å². The Labute approximate surface area is 138 Å². The zero-order valence-electron chi connectivity index (χ0n) is 13.1. The summed E-state index contributed by atoms with van der Waals surface area (Å²) in [5.41, 5.74) is 0.472. The first-order valence-electron chi connectivity index (χ1n) is 7.57. The van der Waals surface area contributed by atoms with Gasteiger partial charge in [0.05, 0.1) is 24.8 Å². The number of hydrogen-bond acceptors (Lipinski definition) is 3. The van der Waals surface area contributed by atoms with Crippen molar-refractivity contribution in [3.63, 3.8) is 0 Å². The van der Waals surface area contributed by atoms with E-state index < -0.39 is 29.7 Å². The van der Waals surface area contributed by atoms with Crippen molar-refractivity contribution in [2.75, 3.05) is 13.7 Å². The van der Waals surface area contributed by atoms with Gasteiger partial charge in [-0.05, 0) is 36.2 Å². The number of rotatable bonds is 3. The van der Waals surface area contributed by atoms with Gasteiger partial charge >= 0.3 is 0 Å². The summed E-state index contributed by atoms with van der Waals surface area (Å²) < 4.78 is 32.6. The van der Waals surface area contributed by atoms with Crippen LogP contribution in [0.3, 0.4) is 0 Å². The molecule has 126 valence electrons. The maximum absolute atomic E-state index is 14.2. The van der Waals surface area contributed by atoms with E-state index in [1.165, 1.54) is 36.3 Å². The summed E-state index contributed by atoms with van der Waals surface area (Å²) in [6, 6.07) is 9.37. The summed E-state index contributed by atoms with van der Waals surface area (Å²) in [6.45, 7) is 0.0749. The molecule has 1 aliphatic heterocycles. The van der Waals surface area contributed by atoms with Crippen molar-refractivity contribution < 1.29 is 23.4 Å². The Hall–Kier alpha value is -2.47. The number of aliphatic hydroxyl groups excluding tert-OH is 1.